The van der Waals surface area contributed by atoms with Crippen LogP contribution >= 0.6 is 118 Å². The monoisotopic (exact) mass is 1640 g/mol. The minimum absolute atomic E-state index is 0.0259. The van der Waals surface area contributed by atoms with E-state index < -0.39 is 11.8 Å². The summed E-state index contributed by atoms with van der Waals surface area (Å²) >= 11 is 50.4. The number of imidazole rings is 3. The Morgan fingerprint density at radius 2 is 0.981 bits per heavy atom. The highest BCUT2D eigenvalue weighted by molar-refractivity contribution is 8.00. The number of thioether (sulfide) groups is 2. The van der Waals surface area contributed by atoms with Crippen LogP contribution in [-0.4, -0.2) is 113 Å². The van der Waals surface area contributed by atoms with Crippen molar-refractivity contribution in [3.63, 3.8) is 0 Å². The number of halogens is 6. The molecular formula is C80H78Cl6N10O8S4. The zero-order valence-corrected chi connectivity index (χ0v) is 68.1. The summed E-state index contributed by atoms with van der Waals surface area (Å²) in [5, 5.41) is 20.9. The number of amides is 2. The SMILES string of the molecule is CC1(CN)OCCO1.COC(=O)Cc1ccc(-c2ccc(NC(=O)CSc3ncc(C)n3-c3ccc(C)cc3Cl)c(Cl)c2)cc1.Cc1ccc(-n2c(C)c[nH]c2=S)c(Cl)c1.Cc1ccc(-n2c(C)cnc2SCC(=O)Nc2ccc(-c3ccc(CC(=O)O)cc3)cc2Cl)c(Cl)c1.Cc1ccc(N=CC=S)c(Cl)c1. The number of nitrogens with one attached hydrogen (secondary N) is 3. The topological polar surface area (TPSA) is 235 Å². The molecule has 1 fully saturated rings. The second kappa shape index (κ2) is 40.8. The quantitative estimate of drug-likeness (QED) is 0.0207. The third-order valence-electron chi connectivity index (χ3n) is 16.1. The average Bonchev–Trinajstić information content (AvgIpc) is 1.64. The van der Waals surface area contributed by atoms with Crippen LogP contribution in [0.15, 0.2) is 192 Å². The molecule has 108 heavy (non-hydrogen) atoms. The zero-order valence-electron chi connectivity index (χ0n) is 60.3. The smallest absolute Gasteiger partial charge is 0.309 e. The first kappa shape index (κ1) is 85.2. The molecule has 0 bridgehead atoms. The number of nitrogens with two attached hydrogens (primary N) is 1. The molecule has 18 nitrogen and oxygen atoms in total. The van der Waals surface area contributed by atoms with E-state index in [0.29, 0.717) is 76.4 Å². The van der Waals surface area contributed by atoms with E-state index in [1.165, 1.54) is 36.0 Å². The molecule has 6 N–H and O–H groups in total. The van der Waals surface area contributed by atoms with Crippen molar-refractivity contribution >= 4 is 170 Å². The van der Waals surface area contributed by atoms with Crippen LogP contribution in [0, 0.1) is 53.2 Å². The van der Waals surface area contributed by atoms with Gasteiger partial charge in [-0.3, -0.25) is 37.9 Å². The second-order valence-corrected chi connectivity index (χ2v) is 29.6. The van der Waals surface area contributed by atoms with E-state index in [0.717, 1.165) is 95.5 Å². The molecule has 2 amide bonds. The number of nitrogens with zero attached hydrogens (tertiary/aromatic N) is 6. The highest BCUT2D eigenvalue weighted by Crippen LogP contribution is 2.35. The molecule has 8 aromatic carbocycles. The number of aliphatic carboxylic acids is 1. The number of aromatic nitrogens is 6. The molecule has 1 aliphatic heterocycles. The summed E-state index contributed by atoms with van der Waals surface area (Å²) < 4.78 is 21.5. The predicted octanol–water partition coefficient (Wildman–Crippen LogP) is 20.6. The van der Waals surface area contributed by atoms with Gasteiger partial charge in [0.05, 0.1) is 109 Å². The van der Waals surface area contributed by atoms with Crippen molar-refractivity contribution in [2.24, 2.45) is 10.7 Å². The summed E-state index contributed by atoms with van der Waals surface area (Å²) in [5.41, 5.74) is 22.1. The number of carbonyl (C=O) groups excluding carboxylic acids is 3. The van der Waals surface area contributed by atoms with E-state index in [2.05, 4.69) is 42.8 Å². The summed E-state index contributed by atoms with van der Waals surface area (Å²) in [6, 6.07) is 49.0. The minimum Gasteiger partial charge on any atom is -0.481 e. The van der Waals surface area contributed by atoms with Crippen molar-refractivity contribution in [1.29, 1.82) is 0 Å². The molecule has 0 spiro atoms. The maximum absolute atomic E-state index is 12.7. The first-order valence-corrected chi connectivity index (χ1v) is 38.5. The number of esters is 1. The van der Waals surface area contributed by atoms with Crippen molar-refractivity contribution in [1.82, 2.24) is 28.7 Å². The summed E-state index contributed by atoms with van der Waals surface area (Å²) in [7, 11) is 1.37. The summed E-state index contributed by atoms with van der Waals surface area (Å²) in [6.07, 6.45) is 7.12. The number of methoxy groups -OCH3 is 1. The molecule has 4 heterocycles. The molecule has 0 unspecified atom stereocenters. The lowest BCUT2D eigenvalue weighted by atomic mass is 10.0. The summed E-state index contributed by atoms with van der Waals surface area (Å²) in [5.74, 6) is -1.76. The number of thiocarbonyl (C=S) groups is 1. The van der Waals surface area contributed by atoms with Gasteiger partial charge in [0.2, 0.25) is 11.8 Å². The van der Waals surface area contributed by atoms with Gasteiger partial charge in [-0.1, -0.05) is 190 Å². The lowest BCUT2D eigenvalue weighted by Gasteiger charge is -2.18. The molecule has 12 rings (SSSR count). The fraction of sp³-hybridized carbons (Fsp3) is 0.212. The molecule has 28 heteroatoms. The van der Waals surface area contributed by atoms with Crippen molar-refractivity contribution in [3.8, 4) is 39.3 Å². The molecule has 11 aromatic rings. The highest BCUT2D eigenvalue weighted by atomic mass is 35.5. The Morgan fingerprint density at radius 3 is 1.34 bits per heavy atom. The zero-order chi connectivity index (χ0) is 78.4. The molecule has 0 saturated carbocycles. The van der Waals surface area contributed by atoms with Gasteiger partial charge in [0.15, 0.2) is 20.9 Å². The number of aryl methyl sites for hydroxylation is 7. The number of aromatic amines is 1. The number of benzene rings is 8. The average molecular weight is 1650 g/mol. The van der Waals surface area contributed by atoms with E-state index >= 15 is 0 Å². The molecule has 562 valence electrons. The van der Waals surface area contributed by atoms with Crippen LogP contribution in [0.2, 0.25) is 30.1 Å². The van der Waals surface area contributed by atoms with Gasteiger partial charge in [-0.05, 0) is 196 Å². The largest absolute Gasteiger partial charge is 0.481 e. The van der Waals surface area contributed by atoms with E-state index in [1.54, 1.807) is 55.0 Å². The maximum atomic E-state index is 12.7. The van der Waals surface area contributed by atoms with Crippen LogP contribution in [0.25, 0.3) is 39.3 Å². The molecular weight excluding hydrogens is 1570 g/mol. The third kappa shape index (κ3) is 24.5. The van der Waals surface area contributed by atoms with Crippen LogP contribution in [0.4, 0.5) is 17.1 Å². The number of hydrogen-bond donors (Lipinski definition) is 5. The van der Waals surface area contributed by atoms with Gasteiger partial charge in [0.25, 0.3) is 0 Å². The number of ether oxygens (including phenoxy) is 3. The van der Waals surface area contributed by atoms with Crippen LogP contribution in [-0.2, 0) is 46.2 Å². The first-order chi connectivity index (χ1) is 51.5. The van der Waals surface area contributed by atoms with Crippen LogP contribution in [0.5, 0.6) is 0 Å². The Bertz CT molecular complexity index is 5100. The van der Waals surface area contributed by atoms with E-state index in [1.807, 2.05) is 197 Å². The van der Waals surface area contributed by atoms with Gasteiger partial charge in [0.1, 0.15) is 0 Å². The minimum atomic E-state index is -0.873. The number of H-pyrrole nitrogens is 1. The second-order valence-electron chi connectivity index (χ2n) is 24.7. The normalized spacial score (nSPS) is 11.9. The van der Waals surface area contributed by atoms with Gasteiger partial charge in [0, 0.05) is 53.8 Å². The Hall–Kier alpha value is -8.43. The Kier molecular flexibility index (Phi) is 32.2. The predicted molar refractivity (Wildman–Crippen MR) is 448 cm³/mol. The molecule has 3 aromatic heterocycles. The number of carboxylic acid groups (broad SMARTS) is 1. The fourth-order valence-corrected chi connectivity index (χ4v) is 14.2. The summed E-state index contributed by atoms with van der Waals surface area (Å²) in [6.45, 7) is 17.5. The van der Waals surface area contributed by atoms with Crippen LogP contribution in [0.1, 0.15) is 57.4 Å². The molecule has 0 atom stereocenters. The van der Waals surface area contributed by atoms with E-state index in [-0.39, 0.29) is 42.1 Å². The van der Waals surface area contributed by atoms with E-state index in [9.17, 15) is 19.2 Å². The molecule has 1 saturated heterocycles. The van der Waals surface area contributed by atoms with Crippen LogP contribution < -0.4 is 16.4 Å². The fourth-order valence-electron chi connectivity index (χ4n) is 10.5. The number of anilines is 2. The summed E-state index contributed by atoms with van der Waals surface area (Å²) in [4.78, 5) is 63.7. The van der Waals surface area contributed by atoms with Crippen LogP contribution in [0.3, 0.4) is 0 Å². The Labute approximate surface area is 676 Å². The number of rotatable bonds is 20. The molecule has 0 aliphatic carbocycles. The Balaban J connectivity index is 0.000000189. The Morgan fingerprint density at radius 1 is 0.574 bits per heavy atom. The van der Waals surface area contributed by atoms with Gasteiger partial charge >= 0.3 is 11.9 Å². The maximum Gasteiger partial charge on any atom is 0.309 e. The third-order valence-corrected chi connectivity index (χ3v) is 20.3. The first-order valence-electron chi connectivity index (χ1n) is 33.3. The van der Waals surface area contributed by atoms with Gasteiger partial charge in [-0.25, -0.2) is 9.97 Å². The number of carbonyl (C=O) groups is 4. The van der Waals surface area contributed by atoms with Gasteiger partial charge in [-0.15, -0.1) is 0 Å². The van der Waals surface area contributed by atoms with Crippen molar-refractivity contribution in [2.75, 3.05) is 49.0 Å². The van der Waals surface area contributed by atoms with Crippen molar-refractivity contribution in [2.45, 2.75) is 84.3 Å². The molecule has 0 radical (unpaired) electrons. The van der Waals surface area contributed by atoms with Gasteiger partial charge < -0.3 is 40.7 Å². The van der Waals surface area contributed by atoms with Gasteiger partial charge in [-0.2, -0.15) is 0 Å². The lowest BCUT2D eigenvalue weighted by molar-refractivity contribution is -0.140. The molecule has 1 aliphatic rings. The lowest BCUT2D eigenvalue weighted by Crippen LogP contribution is -2.35. The number of aliphatic imine (C=N–C) groups is 1. The number of carboxylic acids is 1. The highest BCUT2D eigenvalue weighted by Gasteiger charge is 2.28. The van der Waals surface area contributed by atoms with E-state index in [4.69, 9.17) is 107 Å². The van der Waals surface area contributed by atoms with Crippen molar-refractivity contribution in [3.05, 3.63) is 262 Å². The number of hydrogen-bond acceptors (Lipinski definition) is 15. The standard InChI is InChI=1S/C28H25Cl2N3O3S.C27H23Cl2N3O3S.C11H11ClN2S.C9H8ClNS.C5H11NO2/c1-17-4-11-25(23(30)12-17)33-18(2)15-31-28(33)37-16-26(34)32-24-10-9-21(14-22(24)29)20-7-5-19(6-8-20)13-27(35)36-3;1-16-3-10-24(22(29)11-16)32-17(2)14-30-27(32)36-15-25(33)31-23-9-8-20(13-21(23)28)19-6-4-18(5-7-19)12-26(34)35;1-7-3-4-10(9(12)5-7)14-8(2)6-13-11(14)15;1-7-2-3-9(8(10)6-7)11-4-5-12;1-5(4-6)7-2-3-8-5/h4-12,14-15H,13,16H2,1-3H3,(H,32,34);3-11,13-14H,12,15H2,1-2H3,(H,31,33)(H,34,35);3-6H,1-2H3,(H,13,15);2-6H,1H3;2-4,6H2,1H3. The van der Waals surface area contributed by atoms with Crippen molar-refractivity contribution < 1.29 is 38.5 Å².